The number of amides is 1. The van der Waals surface area contributed by atoms with Crippen LogP contribution in [0.2, 0.25) is 0 Å². The van der Waals surface area contributed by atoms with Crippen molar-refractivity contribution in [2.75, 3.05) is 26.7 Å². The molecule has 2 aromatic carbocycles. The molecule has 0 radical (unpaired) electrons. The number of ether oxygens (including phenoxy) is 1. The zero-order chi connectivity index (χ0) is 23.2. The Morgan fingerprint density at radius 1 is 1.06 bits per heavy atom. The lowest BCUT2D eigenvalue weighted by molar-refractivity contribution is -0.135. The molecule has 0 saturated carbocycles. The van der Waals surface area contributed by atoms with Crippen molar-refractivity contribution in [3.05, 3.63) is 88.1 Å². The number of rotatable bonds is 9. The number of benzene rings is 2. The minimum Gasteiger partial charge on any atom is -0.496 e. The third-order valence-corrected chi connectivity index (χ3v) is 7.35. The van der Waals surface area contributed by atoms with Crippen molar-refractivity contribution < 1.29 is 9.53 Å². The van der Waals surface area contributed by atoms with Gasteiger partial charge in [-0.3, -0.25) is 9.69 Å². The molecular formula is C28H34N2O2S. The Morgan fingerprint density at radius 2 is 1.82 bits per heavy atom. The average molecular weight is 463 g/mol. The summed E-state index contributed by atoms with van der Waals surface area (Å²) in [4.78, 5) is 19.2. The molecule has 174 valence electrons. The first-order valence-corrected chi connectivity index (χ1v) is 12.6. The lowest BCUT2D eigenvalue weighted by Gasteiger charge is -2.30. The quantitative estimate of drug-likeness (QED) is 0.411. The van der Waals surface area contributed by atoms with Crippen molar-refractivity contribution in [1.29, 1.82) is 0 Å². The fourth-order valence-electron chi connectivity index (χ4n) is 4.91. The van der Waals surface area contributed by atoms with E-state index in [1.807, 2.05) is 49.4 Å². The van der Waals surface area contributed by atoms with Gasteiger partial charge in [0.1, 0.15) is 5.75 Å². The second kappa shape index (κ2) is 11.0. The van der Waals surface area contributed by atoms with Crippen molar-refractivity contribution in [3.63, 3.8) is 0 Å². The molecule has 1 aliphatic heterocycles. The highest BCUT2D eigenvalue weighted by molar-refractivity contribution is 7.09. The molecule has 2 atom stereocenters. The number of hydrogen-bond donors (Lipinski definition) is 0. The normalized spacial score (nSPS) is 18.5. The molecule has 1 saturated heterocycles. The number of carbonyl (C=O) groups excluding carboxylic acids is 1. The largest absolute Gasteiger partial charge is 0.496 e. The highest BCUT2D eigenvalue weighted by atomic mass is 32.1. The Hall–Kier alpha value is -2.63. The summed E-state index contributed by atoms with van der Waals surface area (Å²) in [6.07, 6.45) is 0. The molecule has 1 aromatic heterocycles. The maximum Gasteiger partial charge on any atom is 0.225 e. The minimum absolute atomic E-state index is 0.0259. The van der Waals surface area contributed by atoms with Gasteiger partial charge in [0, 0.05) is 49.4 Å². The van der Waals surface area contributed by atoms with Crippen LogP contribution in [0.3, 0.4) is 0 Å². The van der Waals surface area contributed by atoms with E-state index >= 15 is 0 Å². The summed E-state index contributed by atoms with van der Waals surface area (Å²) in [7, 11) is 1.75. The second-order valence-electron chi connectivity index (χ2n) is 9.24. The number of methoxy groups -OCH3 is 1. The van der Waals surface area contributed by atoms with E-state index in [2.05, 4.69) is 57.6 Å². The molecule has 3 aromatic rings. The SMILES string of the molecule is COc1ccccc1[C@@H]1CN(Cc2cccs2)C[C@@H]1CN(Cc1ccccc1)C(=O)C(C)C. The third kappa shape index (κ3) is 5.84. The minimum atomic E-state index is -0.0259. The molecule has 5 heteroatoms. The van der Waals surface area contributed by atoms with Crippen molar-refractivity contribution in [3.8, 4) is 5.75 Å². The van der Waals surface area contributed by atoms with Crippen LogP contribution in [0.25, 0.3) is 0 Å². The molecule has 0 N–H and O–H groups in total. The monoisotopic (exact) mass is 462 g/mol. The summed E-state index contributed by atoms with van der Waals surface area (Å²) in [6.45, 7) is 8.28. The molecule has 0 spiro atoms. The van der Waals surface area contributed by atoms with E-state index < -0.39 is 0 Å². The Morgan fingerprint density at radius 3 is 2.52 bits per heavy atom. The fraction of sp³-hybridized carbons (Fsp3) is 0.393. The van der Waals surface area contributed by atoms with Gasteiger partial charge in [-0.25, -0.2) is 0 Å². The highest BCUT2D eigenvalue weighted by Crippen LogP contribution is 2.39. The van der Waals surface area contributed by atoms with E-state index in [1.54, 1.807) is 7.11 Å². The van der Waals surface area contributed by atoms with Crippen LogP contribution in [0.15, 0.2) is 72.1 Å². The number of hydrogen-bond acceptors (Lipinski definition) is 4. The van der Waals surface area contributed by atoms with Gasteiger partial charge in [0.2, 0.25) is 5.91 Å². The van der Waals surface area contributed by atoms with Gasteiger partial charge >= 0.3 is 0 Å². The molecule has 0 unspecified atom stereocenters. The lowest BCUT2D eigenvalue weighted by Crippen LogP contribution is -2.39. The summed E-state index contributed by atoms with van der Waals surface area (Å²) in [5.74, 6) is 1.79. The maximum atomic E-state index is 13.2. The zero-order valence-electron chi connectivity index (χ0n) is 19.8. The Bertz CT molecular complexity index is 1020. The molecule has 2 heterocycles. The van der Waals surface area contributed by atoms with E-state index in [4.69, 9.17) is 4.74 Å². The summed E-state index contributed by atoms with van der Waals surface area (Å²) in [6, 6.07) is 23.0. The molecule has 0 aliphatic carbocycles. The molecule has 1 amide bonds. The van der Waals surface area contributed by atoms with Crippen molar-refractivity contribution in [2.45, 2.75) is 32.9 Å². The van der Waals surface area contributed by atoms with Crippen LogP contribution in [0.5, 0.6) is 5.75 Å². The molecule has 4 nitrogen and oxygen atoms in total. The lowest BCUT2D eigenvalue weighted by atomic mass is 9.87. The number of thiophene rings is 1. The second-order valence-corrected chi connectivity index (χ2v) is 10.3. The first-order chi connectivity index (χ1) is 16.0. The van der Waals surface area contributed by atoms with Gasteiger partial charge in [-0.2, -0.15) is 0 Å². The van der Waals surface area contributed by atoms with Crippen molar-refractivity contribution in [2.24, 2.45) is 11.8 Å². The summed E-state index contributed by atoms with van der Waals surface area (Å²) >= 11 is 1.81. The number of para-hydroxylation sites is 1. The number of carbonyl (C=O) groups is 1. The smallest absolute Gasteiger partial charge is 0.225 e. The molecular weight excluding hydrogens is 428 g/mol. The first-order valence-electron chi connectivity index (χ1n) is 11.8. The van der Waals surface area contributed by atoms with Crippen LogP contribution in [0.1, 0.15) is 35.8 Å². The van der Waals surface area contributed by atoms with Gasteiger partial charge in [-0.05, 0) is 34.6 Å². The summed E-state index contributed by atoms with van der Waals surface area (Å²) in [5, 5.41) is 2.14. The fourth-order valence-corrected chi connectivity index (χ4v) is 5.65. The van der Waals surface area contributed by atoms with Crippen molar-refractivity contribution in [1.82, 2.24) is 9.80 Å². The Balaban J connectivity index is 1.60. The number of nitrogens with zero attached hydrogens (tertiary/aromatic N) is 2. The molecule has 33 heavy (non-hydrogen) atoms. The zero-order valence-corrected chi connectivity index (χ0v) is 20.6. The molecule has 1 aliphatic rings. The number of likely N-dealkylation sites (tertiary alicyclic amines) is 1. The van der Waals surface area contributed by atoms with Crippen LogP contribution in [-0.2, 0) is 17.9 Å². The van der Waals surface area contributed by atoms with Crippen LogP contribution < -0.4 is 4.74 Å². The standard InChI is InChI=1S/C28H34N2O2S/c1-21(2)28(31)30(16-22-10-5-4-6-11-22)18-23-17-29(19-24-12-9-15-33-24)20-26(23)25-13-7-8-14-27(25)32-3/h4-15,21,23,26H,16-20H2,1-3H3/t23-,26-/m1/s1. The van der Waals surface area contributed by atoms with Gasteiger partial charge in [0.25, 0.3) is 0 Å². The molecule has 4 rings (SSSR count). The predicted molar refractivity (Wildman–Crippen MR) is 136 cm³/mol. The molecule has 0 bridgehead atoms. The van der Waals surface area contributed by atoms with Gasteiger partial charge in [0.05, 0.1) is 7.11 Å². The van der Waals surface area contributed by atoms with E-state index in [9.17, 15) is 4.79 Å². The van der Waals surface area contributed by atoms with Crippen LogP contribution in [-0.4, -0.2) is 42.5 Å². The van der Waals surface area contributed by atoms with Crippen molar-refractivity contribution >= 4 is 17.2 Å². The van der Waals surface area contributed by atoms with Gasteiger partial charge < -0.3 is 9.64 Å². The van der Waals surface area contributed by atoms with Crippen LogP contribution >= 0.6 is 11.3 Å². The van der Waals surface area contributed by atoms with E-state index in [0.29, 0.717) is 18.4 Å². The third-order valence-electron chi connectivity index (χ3n) is 6.49. The highest BCUT2D eigenvalue weighted by Gasteiger charge is 2.37. The van der Waals surface area contributed by atoms with Crippen LogP contribution in [0.4, 0.5) is 0 Å². The van der Waals surface area contributed by atoms with Gasteiger partial charge in [0.15, 0.2) is 0 Å². The topological polar surface area (TPSA) is 32.8 Å². The Kier molecular flexibility index (Phi) is 7.84. The molecule has 1 fully saturated rings. The van der Waals surface area contributed by atoms with E-state index in [0.717, 1.165) is 31.9 Å². The first kappa shape index (κ1) is 23.5. The summed E-state index contributed by atoms with van der Waals surface area (Å²) < 4.78 is 5.74. The maximum absolute atomic E-state index is 13.2. The predicted octanol–water partition coefficient (Wildman–Crippen LogP) is 5.66. The van der Waals surface area contributed by atoms with E-state index in [-0.39, 0.29) is 11.8 Å². The van der Waals surface area contributed by atoms with Crippen LogP contribution in [0, 0.1) is 11.8 Å². The van der Waals surface area contributed by atoms with Gasteiger partial charge in [-0.15, -0.1) is 11.3 Å². The van der Waals surface area contributed by atoms with E-state index in [1.165, 1.54) is 16.0 Å². The average Bonchev–Trinajstić information content (AvgIpc) is 3.49. The Labute approximate surface area is 201 Å². The summed E-state index contributed by atoms with van der Waals surface area (Å²) in [5.41, 5.74) is 2.42. The van der Waals surface area contributed by atoms with Gasteiger partial charge in [-0.1, -0.05) is 68.4 Å².